The normalized spacial score (nSPS) is 12.8. The van der Waals surface area contributed by atoms with Gasteiger partial charge in [-0.15, -0.1) is 0 Å². The SMILES string of the molecule is COCC(C)NS(=O)(=O)c1ccc(NC(=O)c2cc3ccccc3o2)cc1. The van der Waals surface area contributed by atoms with E-state index in [9.17, 15) is 13.2 Å². The van der Waals surface area contributed by atoms with E-state index in [0.29, 0.717) is 11.3 Å². The second kappa shape index (κ2) is 7.91. The molecule has 1 atom stereocenters. The van der Waals surface area contributed by atoms with Crippen LogP contribution in [-0.4, -0.2) is 34.1 Å². The van der Waals surface area contributed by atoms with Crippen molar-refractivity contribution >= 4 is 32.6 Å². The summed E-state index contributed by atoms with van der Waals surface area (Å²) in [5.41, 5.74) is 1.09. The zero-order chi connectivity index (χ0) is 19.4. The van der Waals surface area contributed by atoms with Crippen molar-refractivity contribution in [1.82, 2.24) is 4.72 Å². The van der Waals surface area contributed by atoms with E-state index in [1.165, 1.54) is 31.4 Å². The van der Waals surface area contributed by atoms with Crippen molar-refractivity contribution < 1.29 is 22.4 Å². The molecule has 7 nitrogen and oxygen atoms in total. The molecule has 142 valence electrons. The molecule has 0 spiro atoms. The van der Waals surface area contributed by atoms with E-state index in [2.05, 4.69) is 10.0 Å². The van der Waals surface area contributed by atoms with Crippen molar-refractivity contribution in [2.75, 3.05) is 19.0 Å². The Morgan fingerprint density at radius 1 is 1.15 bits per heavy atom. The van der Waals surface area contributed by atoms with Crippen molar-refractivity contribution in [3.05, 3.63) is 60.4 Å². The fourth-order valence-electron chi connectivity index (χ4n) is 2.62. The number of para-hydroxylation sites is 1. The average Bonchev–Trinajstić information content (AvgIpc) is 3.06. The Hall–Kier alpha value is -2.68. The van der Waals surface area contributed by atoms with Crippen LogP contribution < -0.4 is 10.0 Å². The topological polar surface area (TPSA) is 97.6 Å². The Labute approximate surface area is 157 Å². The lowest BCUT2D eigenvalue weighted by atomic mass is 10.2. The summed E-state index contributed by atoms with van der Waals surface area (Å²) in [6, 6.07) is 14.5. The van der Waals surface area contributed by atoms with Crippen LogP contribution in [0.5, 0.6) is 0 Å². The van der Waals surface area contributed by atoms with Gasteiger partial charge in [-0.2, -0.15) is 0 Å². The molecule has 27 heavy (non-hydrogen) atoms. The van der Waals surface area contributed by atoms with Gasteiger partial charge in [-0.05, 0) is 43.3 Å². The minimum Gasteiger partial charge on any atom is -0.451 e. The number of hydrogen-bond donors (Lipinski definition) is 2. The molecule has 8 heteroatoms. The van der Waals surface area contributed by atoms with Crippen LogP contribution in [-0.2, 0) is 14.8 Å². The van der Waals surface area contributed by atoms with E-state index < -0.39 is 15.9 Å². The summed E-state index contributed by atoms with van der Waals surface area (Å²) in [5.74, 6) is -0.225. The first-order valence-electron chi connectivity index (χ1n) is 8.30. The van der Waals surface area contributed by atoms with Gasteiger partial charge in [0.25, 0.3) is 5.91 Å². The number of sulfonamides is 1. The summed E-state index contributed by atoms with van der Waals surface area (Å²) in [4.78, 5) is 12.4. The van der Waals surface area contributed by atoms with Crippen LogP contribution in [0.2, 0.25) is 0 Å². The van der Waals surface area contributed by atoms with Crippen LogP contribution in [0.1, 0.15) is 17.5 Å². The van der Waals surface area contributed by atoms with Crippen molar-refractivity contribution in [3.8, 4) is 0 Å². The van der Waals surface area contributed by atoms with E-state index in [4.69, 9.17) is 9.15 Å². The number of fused-ring (bicyclic) bond motifs is 1. The number of methoxy groups -OCH3 is 1. The largest absolute Gasteiger partial charge is 0.451 e. The first-order valence-corrected chi connectivity index (χ1v) is 9.78. The number of amides is 1. The van der Waals surface area contributed by atoms with Crippen molar-refractivity contribution in [2.24, 2.45) is 0 Å². The van der Waals surface area contributed by atoms with Crippen LogP contribution in [0.25, 0.3) is 11.0 Å². The molecule has 3 rings (SSSR count). The van der Waals surface area contributed by atoms with Gasteiger partial charge in [-0.1, -0.05) is 18.2 Å². The molecule has 0 radical (unpaired) electrons. The Morgan fingerprint density at radius 3 is 2.52 bits per heavy atom. The molecule has 1 aromatic heterocycles. The Bertz CT molecular complexity index is 1010. The van der Waals surface area contributed by atoms with Gasteiger partial charge in [0.15, 0.2) is 5.76 Å². The molecule has 0 bridgehead atoms. The Balaban J connectivity index is 1.70. The summed E-state index contributed by atoms with van der Waals surface area (Å²) < 4.78 is 37.6. The van der Waals surface area contributed by atoms with E-state index >= 15 is 0 Å². The van der Waals surface area contributed by atoms with Crippen LogP contribution in [0.15, 0.2) is 63.9 Å². The molecule has 0 saturated carbocycles. The van der Waals surface area contributed by atoms with Gasteiger partial charge >= 0.3 is 0 Å². The van der Waals surface area contributed by atoms with Gasteiger partial charge in [0, 0.05) is 24.2 Å². The number of nitrogens with one attached hydrogen (secondary N) is 2. The molecular weight excluding hydrogens is 368 g/mol. The highest BCUT2D eigenvalue weighted by atomic mass is 32.2. The van der Waals surface area contributed by atoms with Gasteiger partial charge in [0.1, 0.15) is 5.58 Å². The van der Waals surface area contributed by atoms with Gasteiger partial charge in [0.05, 0.1) is 11.5 Å². The maximum absolute atomic E-state index is 12.3. The Morgan fingerprint density at radius 2 is 1.85 bits per heavy atom. The molecule has 3 aromatic rings. The molecule has 0 aliphatic rings. The number of benzene rings is 2. The predicted molar refractivity (Wildman–Crippen MR) is 102 cm³/mol. The maximum atomic E-state index is 12.3. The molecular formula is C19H20N2O5S. The molecule has 0 saturated heterocycles. The second-order valence-corrected chi connectivity index (χ2v) is 7.82. The van der Waals surface area contributed by atoms with Crippen LogP contribution in [0.4, 0.5) is 5.69 Å². The van der Waals surface area contributed by atoms with E-state index in [1.54, 1.807) is 19.1 Å². The minimum absolute atomic E-state index is 0.104. The third kappa shape index (κ3) is 4.54. The third-order valence-electron chi connectivity index (χ3n) is 3.84. The highest BCUT2D eigenvalue weighted by molar-refractivity contribution is 7.89. The van der Waals surface area contributed by atoms with E-state index in [0.717, 1.165) is 5.39 Å². The zero-order valence-electron chi connectivity index (χ0n) is 14.9. The van der Waals surface area contributed by atoms with Gasteiger partial charge in [-0.25, -0.2) is 13.1 Å². The monoisotopic (exact) mass is 388 g/mol. The average molecular weight is 388 g/mol. The summed E-state index contributed by atoms with van der Waals surface area (Å²) >= 11 is 0. The second-order valence-electron chi connectivity index (χ2n) is 6.10. The van der Waals surface area contributed by atoms with Crippen LogP contribution in [0.3, 0.4) is 0 Å². The highest BCUT2D eigenvalue weighted by Crippen LogP contribution is 2.20. The number of furan rings is 1. The van der Waals surface area contributed by atoms with Gasteiger partial charge in [-0.3, -0.25) is 4.79 Å². The number of hydrogen-bond acceptors (Lipinski definition) is 5. The fraction of sp³-hybridized carbons (Fsp3) is 0.211. The third-order valence-corrected chi connectivity index (χ3v) is 5.45. The predicted octanol–water partition coefficient (Wildman–Crippen LogP) is 3.00. The quantitative estimate of drug-likeness (QED) is 0.648. The molecule has 0 aliphatic carbocycles. The Kier molecular flexibility index (Phi) is 5.59. The van der Waals surface area contributed by atoms with Crippen LogP contribution >= 0.6 is 0 Å². The molecule has 0 aliphatic heterocycles. The summed E-state index contributed by atoms with van der Waals surface area (Å²) in [5, 5.41) is 3.52. The highest BCUT2D eigenvalue weighted by Gasteiger charge is 2.18. The number of carbonyl (C=O) groups is 1. The summed E-state index contributed by atoms with van der Waals surface area (Å²) in [6.45, 7) is 1.98. The molecule has 1 heterocycles. The molecule has 2 aromatic carbocycles. The fourth-order valence-corrected chi connectivity index (χ4v) is 3.85. The lowest BCUT2D eigenvalue weighted by molar-refractivity contribution is 0.0998. The van der Waals surface area contributed by atoms with Crippen molar-refractivity contribution in [2.45, 2.75) is 17.9 Å². The lowest BCUT2D eigenvalue weighted by Crippen LogP contribution is -2.35. The minimum atomic E-state index is -3.66. The summed E-state index contributed by atoms with van der Waals surface area (Å²) in [6.07, 6.45) is 0. The standard InChI is InChI=1S/C19H20N2O5S/c1-13(12-25-2)21-27(23,24)16-9-7-15(8-10-16)20-19(22)18-11-14-5-3-4-6-17(14)26-18/h3-11,13,21H,12H2,1-2H3,(H,20,22). The number of carbonyl (C=O) groups excluding carboxylic acids is 1. The van der Waals surface area contributed by atoms with Crippen molar-refractivity contribution in [3.63, 3.8) is 0 Å². The van der Waals surface area contributed by atoms with Crippen molar-refractivity contribution in [1.29, 1.82) is 0 Å². The lowest BCUT2D eigenvalue weighted by Gasteiger charge is -2.13. The zero-order valence-corrected chi connectivity index (χ0v) is 15.7. The van der Waals surface area contributed by atoms with Gasteiger partial charge in [0.2, 0.25) is 10.0 Å². The smallest absolute Gasteiger partial charge is 0.291 e. The van der Waals surface area contributed by atoms with E-state index in [1.807, 2.05) is 18.2 Å². The first-order chi connectivity index (χ1) is 12.9. The van der Waals surface area contributed by atoms with Crippen LogP contribution in [0, 0.1) is 0 Å². The molecule has 1 unspecified atom stereocenters. The number of rotatable bonds is 7. The maximum Gasteiger partial charge on any atom is 0.291 e. The first kappa shape index (κ1) is 19.1. The van der Waals surface area contributed by atoms with E-state index in [-0.39, 0.29) is 23.3 Å². The molecule has 2 N–H and O–H groups in total. The molecule has 1 amide bonds. The van der Waals surface area contributed by atoms with Gasteiger partial charge < -0.3 is 14.5 Å². The number of anilines is 1. The molecule has 0 fully saturated rings. The summed E-state index contributed by atoms with van der Waals surface area (Å²) in [7, 11) is -2.15. The number of ether oxygens (including phenoxy) is 1.